The van der Waals surface area contributed by atoms with Gasteiger partial charge in [-0.1, -0.05) is 85.0 Å². The standard InChI is InChI=1S/C46H48N2/c1-3-13-33(14-4-1)34-23-28-38(29-24-34)47(37-16-5-2-6-17-37)39-30-25-36(26-31-39)40-18-9-11-21-44(40)48-45-22-12-10-20-42(45)43-32-27-35-15-7-8-19-41(35)46(43)48/h1,3-4,12-14,16,18-19,21-26,28-31,35,43,46H,2,5-11,15,17,20,27,32H2. The van der Waals surface area contributed by atoms with Crippen molar-refractivity contribution in [1.82, 2.24) is 4.90 Å². The molecular weight excluding hydrogens is 581 g/mol. The normalized spacial score (nSPS) is 24.9. The van der Waals surface area contributed by atoms with Crippen molar-refractivity contribution >= 4 is 16.9 Å². The molecule has 3 aromatic carbocycles. The molecule has 0 N–H and O–H groups in total. The lowest BCUT2D eigenvalue weighted by molar-refractivity contribution is 0.240. The van der Waals surface area contributed by atoms with Crippen molar-refractivity contribution in [1.29, 1.82) is 0 Å². The predicted molar refractivity (Wildman–Crippen MR) is 201 cm³/mol. The van der Waals surface area contributed by atoms with Crippen molar-refractivity contribution in [3.8, 4) is 11.1 Å². The van der Waals surface area contributed by atoms with Crippen molar-refractivity contribution in [2.75, 3.05) is 4.90 Å². The van der Waals surface area contributed by atoms with Gasteiger partial charge >= 0.3 is 0 Å². The average Bonchev–Trinajstić information content (AvgIpc) is 3.51. The van der Waals surface area contributed by atoms with Crippen LogP contribution in [0.2, 0.25) is 0 Å². The van der Waals surface area contributed by atoms with Crippen molar-refractivity contribution < 1.29 is 0 Å². The predicted octanol–water partition coefficient (Wildman–Crippen LogP) is 12.4. The number of hydrogen-bond donors (Lipinski definition) is 0. The Balaban J connectivity index is 1.05. The molecule has 242 valence electrons. The third-order valence-corrected chi connectivity index (χ3v) is 11.9. The summed E-state index contributed by atoms with van der Waals surface area (Å²) in [5, 5.41) is 0. The van der Waals surface area contributed by atoms with Crippen LogP contribution in [-0.2, 0) is 0 Å². The SMILES string of the molecule is C1=CC2=C(CC1)C1CCC3CCCC=C3C1N2C1=CCCC=C1c1ccc(N(C2=CCCCC2)c2ccc(-c3ccccc3)cc2)cc1. The first kappa shape index (κ1) is 29.8. The van der Waals surface area contributed by atoms with E-state index in [2.05, 4.69) is 125 Å². The Bertz CT molecular complexity index is 1850. The maximum absolute atomic E-state index is 2.82. The van der Waals surface area contributed by atoms with Gasteiger partial charge in [0.25, 0.3) is 0 Å². The van der Waals surface area contributed by atoms with Crippen LogP contribution in [0.5, 0.6) is 0 Å². The van der Waals surface area contributed by atoms with Gasteiger partial charge < -0.3 is 9.80 Å². The minimum Gasteiger partial charge on any atom is -0.333 e. The van der Waals surface area contributed by atoms with Gasteiger partial charge in [-0.05, 0) is 148 Å². The van der Waals surface area contributed by atoms with Gasteiger partial charge in [0.15, 0.2) is 0 Å². The molecule has 6 aliphatic rings. The van der Waals surface area contributed by atoms with E-state index in [1.165, 1.54) is 109 Å². The Morgan fingerprint density at radius 1 is 0.583 bits per heavy atom. The molecule has 1 fully saturated rings. The highest BCUT2D eigenvalue weighted by Gasteiger charge is 2.48. The molecule has 2 heteroatoms. The van der Waals surface area contributed by atoms with E-state index in [1.54, 1.807) is 11.1 Å². The average molecular weight is 629 g/mol. The Kier molecular flexibility index (Phi) is 8.05. The number of fused-ring (bicyclic) bond motifs is 4. The zero-order chi connectivity index (χ0) is 31.9. The molecule has 3 atom stereocenters. The first-order valence-electron chi connectivity index (χ1n) is 18.9. The van der Waals surface area contributed by atoms with Crippen molar-refractivity contribution in [3.63, 3.8) is 0 Å². The maximum atomic E-state index is 2.82. The Morgan fingerprint density at radius 2 is 1.33 bits per heavy atom. The largest absolute Gasteiger partial charge is 0.333 e. The molecule has 1 aliphatic heterocycles. The van der Waals surface area contributed by atoms with E-state index in [4.69, 9.17) is 0 Å². The molecule has 3 aromatic rings. The number of allylic oxidation sites excluding steroid dienone is 8. The smallest absolute Gasteiger partial charge is 0.0620 e. The molecule has 9 rings (SSSR count). The second-order valence-corrected chi connectivity index (χ2v) is 14.7. The van der Waals surface area contributed by atoms with Gasteiger partial charge in [-0.25, -0.2) is 0 Å². The van der Waals surface area contributed by atoms with Crippen molar-refractivity contribution in [3.05, 3.63) is 149 Å². The molecule has 0 aromatic heterocycles. The van der Waals surface area contributed by atoms with Crippen LogP contribution in [0, 0.1) is 11.8 Å². The second kappa shape index (κ2) is 13.0. The van der Waals surface area contributed by atoms with Gasteiger partial charge in [0.05, 0.1) is 6.04 Å². The fourth-order valence-corrected chi connectivity index (χ4v) is 9.70. The summed E-state index contributed by atoms with van der Waals surface area (Å²) in [6.45, 7) is 0. The third-order valence-electron chi connectivity index (χ3n) is 11.9. The molecule has 1 saturated carbocycles. The van der Waals surface area contributed by atoms with E-state index < -0.39 is 0 Å². The minimum absolute atomic E-state index is 0.511. The fourth-order valence-electron chi connectivity index (χ4n) is 9.70. The Labute approximate surface area is 287 Å². The van der Waals surface area contributed by atoms with Crippen molar-refractivity contribution in [2.45, 2.75) is 89.5 Å². The Hall–Kier alpha value is -4.30. The lowest BCUT2D eigenvalue weighted by atomic mass is 9.68. The van der Waals surface area contributed by atoms with Gasteiger partial charge in [-0.2, -0.15) is 0 Å². The third kappa shape index (κ3) is 5.34. The quantitative estimate of drug-likeness (QED) is 0.251. The summed E-state index contributed by atoms with van der Waals surface area (Å²) in [7, 11) is 0. The second-order valence-electron chi connectivity index (χ2n) is 14.7. The molecule has 2 nitrogen and oxygen atoms in total. The minimum atomic E-state index is 0.511. The highest BCUT2D eigenvalue weighted by molar-refractivity contribution is 5.82. The summed E-state index contributed by atoms with van der Waals surface area (Å²) in [5.41, 5.74) is 15.7. The first-order chi connectivity index (χ1) is 23.8. The van der Waals surface area contributed by atoms with E-state index in [0.29, 0.717) is 12.0 Å². The number of anilines is 2. The molecule has 48 heavy (non-hydrogen) atoms. The topological polar surface area (TPSA) is 6.48 Å². The van der Waals surface area contributed by atoms with E-state index in [-0.39, 0.29) is 0 Å². The summed E-state index contributed by atoms with van der Waals surface area (Å²) in [6, 6.07) is 30.0. The Morgan fingerprint density at radius 3 is 2.12 bits per heavy atom. The van der Waals surface area contributed by atoms with Gasteiger partial charge in [0.1, 0.15) is 0 Å². The van der Waals surface area contributed by atoms with Crippen LogP contribution < -0.4 is 4.90 Å². The zero-order valence-electron chi connectivity index (χ0n) is 28.3. The van der Waals surface area contributed by atoms with Crippen LogP contribution in [0.4, 0.5) is 11.4 Å². The van der Waals surface area contributed by atoms with E-state index in [9.17, 15) is 0 Å². The highest BCUT2D eigenvalue weighted by atomic mass is 15.2. The number of rotatable bonds is 6. The molecule has 0 radical (unpaired) electrons. The van der Waals surface area contributed by atoms with E-state index >= 15 is 0 Å². The molecule has 3 unspecified atom stereocenters. The van der Waals surface area contributed by atoms with Crippen LogP contribution in [0.25, 0.3) is 16.7 Å². The highest BCUT2D eigenvalue weighted by Crippen LogP contribution is 2.54. The lowest BCUT2D eigenvalue weighted by Gasteiger charge is -2.44. The van der Waals surface area contributed by atoms with Gasteiger partial charge in [-0.3, -0.25) is 0 Å². The van der Waals surface area contributed by atoms with Crippen LogP contribution in [-0.4, -0.2) is 10.9 Å². The van der Waals surface area contributed by atoms with Gasteiger partial charge in [-0.15, -0.1) is 0 Å². The van der Waals surface area contributed by atoms with Gasteiger partial charge in [0.2, 0.25) is 0 Å². The molecule has 1 heterocycles. The molecule has 0 bridgehead atoms. The van der Waals surface area contributed by atoms with E-state index in [0.717, 1.165) is 31.6 Å². The maximum Gasteiger partial charge on any atom is 0.0620 e. The fraction of sp³-hybridized carbons (Fsp3) is 0.348. The molecule has 0 spiro atoms. The number of benzene rings is 3. The van der Waals surface area contributed by atoms with Gasteiger partial charge in [0, 0.05) is 40.0 Å². The van der Waals surface area contributed by atoms with Crippen LogP contribution in [0.3, 0.4) is 0 Å². The van der Waals surface area contributed by atoms with Crippen LogP contribution in [0.15, 0.2) is 144 Å². The summed E-state index contributed by atoms with van der Waals surface area (Å²) >= 11 is 0. The lowest BCUT2D eigenvalue weighted by Crippen LogP contribution is -2.41. The van der Waals surface area contributed by atoms with Crippen molar-refractivity contribution in [2.24, 2.45) is 11.8 Å². The molecule has 0 saturated heterocycles. The molecular formula is C46H48N2. The summed E-state index contributed by atoms with van der Waals surface area (Å²) < 4.78 is 0. The van der Waals surface area contributed by atoms with Crippen LogP contribution >= 0.6 is 0 Å². The van der Waals surface area contributed by atoms with Crippen LogP contribution in [0.1, 0.15) is 89.0 Å². The summed E-state index contributed by atoms with van der Waals surface area (Å²) in [4.78, 5) is 5.34. The summed E-state index contributed by atoms with van der Waals surface area (Å²) in [6.07, 6.45) is 31.4. The summed E-state index contributed by atoms with van der Waals surface area (Å²) in [5.74, 6) is 1.47. The number of hydrogen-bond acceptors (Lipinski definition) is 2. The van der Waals surface area contributed by atoms with E-state index in [1.807, 2.05) is 0 Å². The first-order valence-corrected chi connectivity index (χ1v) is 18.9. The monoisotopic (exact) mass is 628 g/mol. The zero-order valence-corrected chi connectivity index (χ0v) is 28.3. The molecule has 5 aliphatic carbocycles. The number of nitrogens with zero attached hydrogens (tertiary/aromatic N) is 2. The molecule has 0 amide bonds.